The molecule has 2 heterocycles. The molecule has 1 saturated heterocycles. The molecule has 0 radical (unpaired) electrons. The number of benzene rings is 1. The fraction of sp³-hybridized carbons (Fsp3) is 0.533. The average Bonchev–Trinajstić information content (AvgIpc) is 3.03. The smallest absolute Gasteiger partial charge is 0.214 e. The summed E-state index contributed by atoms with van der Waals surface area (Å²) in [5.74, 6) is 0.425. The van der Waals surface area contributed by atoms with Crippen LogP contribution in [0.25, 0.3) is 5.69 Å². The summed E-state index contributed by atoms with van der Waals surface area (Å²) in [5.41, 5.74) is 0.559. The van der Waals surface area contributed by atoms with Gasteiger partial charge in [0.25, 0.3) is 0 Å². The quantitative estimate of drug-likeness (QED) is 0.745. The van der Waals surface area contributed by atoms with Crippen molar-refractivity contribution in [2.75, 3.05) is 31.9 Å². The van der Waals surface area contributed by atoms with Gasteiger partial charge in [0.1, 0.15) is 5.82 Å². The highest BCUT2D eigenvalue weighted by Crippen LogP contribution is 2.14. The van der Waals surface area contributed by atoms with Crippen LogP contribution in [0.3, 0.4) is 0 Å². The maximum absolute atomic E-state index is 13.4. The molecule has 0 unspecified atom stereocenters. The summed E-state index contributed by atoms with van der Waals surface area (Å²) in [5, 5.41) is 11.6. The van der Waals surface area contributed by atoms with Crippen LogP contribution in [0.1, 0.15) is 19.2 Å². The number of nitrogens with zero attached hydrogens (tertiary/aromatic N) is 6. The summed E-state index contributed by atoms with van der Waals surface area (Å²) in [6.07, 6.45) is 0.616. The lowest BCUT2D eigenvalue weighted by Gasteiger charge is -2.33. The zero-order valence-electron chi connectivity index (χ0n) is 14.0. The lowest BCUT2D eigenvalue weighted by atomic mass is 10.3. The molecular weight excluding hydrogens is 347 g/mol. The van der Waals surface area contributed by atoms with Crippen molar-refractivity contribution in [3.8, 4) is 5.69 Å². The number of halogens is 1. The van der Waals surface area contributed by atoms with Gasteiger partial charge in [-0.05, 0) is 35.0 Å². The third kappa shape index (κ3) is 4.20. The number of aromatic nitrogens is 4. The van der Waals surface area contributed by atoms with Crippen molar-refractivity contribution < 1.29 is 12.8 Å². The van der Waals surface area contributed by atoms with Crippen molar-refractivity contribution in [2.24, 2.45) is 0 Å². The first-order chi connectivity index (χ1) is 12.0. The van der Waals surface area contributed by atoms with Crippen LogP contribution in [0.4, 0.5) is 4.39 Å². The summed E-state index contributed by atoms with van der Waals surface area (Å²) < 4.78 is 40.7. The largest absolute Gasteiger partial charge is 0.293 e. The van der Waals surface area contributed by atoms with Gasteiger partial charge >= 0.3 is 0 Å². The Morgan fingerprint density at radius 3 is 2.64 bits per heavy atom. The monoisotopic (exact) mass is 368 g/mol. The molecule has 1 aliphatic heterocycles. The van der Waals surface area contributed by atoms with Crippen LogP contribution >= 0.6 is 0 Å². The molecule has 25 heavy (non-hydrogen) atoms. The van der Waals surface area contributed by atoms with Crippen molar-refractivity contribution in [3.63, 3.8) is 0 Å². The van der Waals surface area contributed by atoms with Gasteiger partial charge in [-0.15, -0.1) is 5.10 Å². The Morgan fingerprint density at radius 2 is 1.96 bits per heavy atom. The summed E-state index contributed by atoms with van der Waals surface area (Å²) >= 11 is 0. The standard InChI is InChI=1S/C15H21FN6O2S/c1-2-10-25(23,24)21-8-6-20(7-9-21)12-15-17-18-19-22(15)14-5-3-4-13(16)11-14/h3-5,11H,2,6-10,12H2,1H3. The molecule has 136 valence electrons. The van der Waals surface area contributed by atoms with Crippen molar-refractivity contribution >= 4 is 10.0 Å². The number of tetrazole rings is 1. The second-order valence-corrected chi connectivity index (χ2v) is 8.07. The van der Waals surface area contributed by atoms with Crippen LogP contribution in [-0.2, 0) is 16.6 Å². The Hall–Kier alpha value is -1.91. The minimum Gasteiger partial charge on any atom is -0.293 e. The summed E-state index contributed by atoms with van der Waals surface area (Å²) in [6, 6.07) is 6.07. The Bertz CT molecular complexity index is 817. The van der Waals surface area contributed by atoms with Gasteiger partial charge in [-0.2, -0.15) is 8.99 Å². The van der Waals surface area contributed by atoms with Crippen LogP contribution < -0.4 is 0 Å². The van der Waals surface area contributed by atoms with Crippen LogP contribution in [0.5, 0.6) is 0 Å². The zero-order chi connectivity index (χ0) is 17.9. The first-order valence-corrected chi connectivity index (χ1v) is 9.84. The van der Waals surface area contributed by atoms with Crippen molar-refractivity contribution in [3.05, 3.63) is 35.9 Å². The Labute approximate surface area is 146 Å². The van der Waals surface area contributed by atoms with E-state index < -0.39 is 10.0 Å². The van der Waals surface area contributed by atoms with Gasteiger partial charge in [-0.3, -0.25) is 4.90 Å². The fourth-order valence-corrected chi connectivity index (χ4v) is 4.36. The predicted molar refractivity (Wildman–Crippen MR) is 90.0 cm³/mol. The number of hydrogen-bond donors (Lipinski definition) is 0. The van der Waals surface area contributed by atoms with Crippen molar-refractivity contribution in [1.29, 1.82) is 0 Å². The van der Waals surface area contributed by atoms with Gasteiger partial charge in [0, 0.05) is 26.2 Å². The van der Waals surface area contributed by atoms with E-state index in [1.165, 1.54) is 16.8 Å². The van der Waals surface area contributed by atoms with Gasteiger partial charge in [-0.1, -0.05) is 13.0 Å². The number of hydrogen-bond acceptors (Lipinski definition) is 6. The molecule has 0 bridgehead atoms. The van der Waals surface area contributed by atoms with Crippen LogP contribution in [0, 0.1) is 5.82 Å². The lowest BCUT2D eigenvalue weighted by Crippen LogP contribution is -2.49. The summed E-state index contributed by atoms with van der Waals surface area (Å²) in [6.45, 7) is 4.48. The average molecular weight is 368 g/mol. The first kappa shape index (κ1) is 17.9. The molecule has 8 nitrogen and oxygen atoms in total. The highest BCUT2D eigenvalue weighted by molar-refractivity contribution is 7.89. The molecule has 3 rings (SSSR count). The van der Waals surface area contributed by atoms with Gasteiger partial charge < -0.3 is 0 Å². The van der Waals surface area contributed by atoms with Gasteiger partial charge in [0.05, 0.1) is 18.0 Å². The van der Waals surface area contributed by atoms with E-state index in [0.717, 1.165) is 0 Å². The van der Waals surface area contributed by atoms with E-state index in [9.17, 15) is 12.8 Å². The number of piperazine rings is 1. The van der Waals surface area contributed by atoms with Gasteiger partial charge in [-0.25, -0.2) is 12.8 Å². The molecule has 10 heteroatoms. The SMILES string of the molecule is CCCS(=O)(=O)N1CCN(Cc2nnnn2-c2cccc(F)c2)CC1. The molecule has 0 amide bonds. The molecule has 0 aliphatic carbocycles. The minimum absolute atomic E-state index is 0.185. The second kappa shape index (κ2) is 7.54. The van der Waals surface area contributed by atoms with Crippen LogP contribution in [-0.4, -0.2) is 69.8 Å². The maximum Gasteiger partial charge on any atom is 0.214 e. The van der Waals surface area contributed by atoms with Gasteiger partial charge in [0.2, 0.25) is 10.0 Å². The Balaban J connectivity index is 1.65. The molecule has 0 N–H and O–H groups in total. The predicted octanol–water partition coefficient (Wildman–Crippen LogP) is 0.659. The molecule has 1 aliphatic rings. The van der Waals surface area contributed by atoms with E-state index in [0.29, 0.717) is 50.7 Å². The maximum atomic E-state index is 13.4. The van der Waals surface area contributed by atoms with E-state index in [1.807, 2.05) is 6.92 Å². The topological polar surface area (TPSA) is 84.2 Å². The van der Waals surface area contributed by atoms with E-state index in [2.05, 4.69) is 20.4 Å². The van der Waals surface area contributed by atoms with E-state index >= 15 is 0 Å². The molecule has 1 aromatic heterocycles. The second-order valence-electron chi connectivity index (χ2n) is 5.98. The highest BCUT2D eigenvalue weighted by Gasteiger charge is 2.27. The summed E-state index contributed by atoms with van der Waals surface area (Å²) in [7, 11) is -3.16. The van der Waals surface area contributed by atoms with Crippen LogP contribution in [0.2, 0.25) is 0 Å². The summed E-state index contributed by atoms with van der Waals surface area (Å²) in [4.78, 5) is 2.10. The highest BCUT2D eigenvalue weighted by atomic mass is 32.2. The van der Waals surface area contributed by atoms with Crippen molar-refractivity contribution in [1.82, 2.24) is 29.4 Å². The molecule has 0 spiro atoms. The van der Waals surface area contributed by atoms with E-state index in [1.54, 1.807) is 16.4 Å². The van der Waals surface area contributed by atoms with Crippen LogP contribution in [0.15, 0.2) is 24.3 Å². The molecule has 1 fully saturated rings. The molecule has 0 atom stereocenters. The minimum atomic E-state index is -3.16. The molecule has 2 aromatic rings. The van der Waals surface area contributed by atoms with Crippen molar-refractivity contribution in [2.45, 2.75) is 19.9 Å². The first-order valence-electron chi connectivity index (χ1n) is 8.23. The Morgan fingerprint density at radius 1 is 1.20 bits per heavy atom. The molecule has 1 aromatic carbocycles. The van der Waals surface area contributed by atoms with E-state index in [4.69, 9.17) is 0 Å². The lowest BCUT2D eigenvalue weighted by molar-refractivity contribution is 0.177. The van der Waals surface area contributed by atoms with Gasteiger partial charge in [0.15, 0.2) is 5.82 Å². The number of sulfonamides is 1. The fourth-order valence-electron chi connectivity index (χ4n) is 2.87. The Kier molecular flexibility index (Phi) is 5.40. The normalized spacial score (nSPS) is 17.0. The molecule has 0 saturated carbocycles. The molecular formula is C15H21FN6O2S. The van der Waals surface area contributed by atoms with E-state index in [-0.39, 0.29) is 11.6 Å². The third-order valence-corrected chi connectivity index (χ3v) is 6.21. The zero-order valence-corrected chi connectivity index (χ0v) is 14.9. The third-order valence-electron chi connectivity index (χ3n) is 4.14. The number of rotatable bonds is 6.